The van der Waals surface area contributed by atoms with Gasteiger partial charge in [0.2, 0.25) is 5.06 Å². The summed E-state index contributed by atoms with van der Waals surface area (Å²) in [6.45, 7) is 12.1. The fraction of sp³-hybridized carbons (Fsp3) is 0.400. The van der Waals surface area contributed by atoms with Gasteiger partial charge in [-0.2, -0.15) is 0 Å². The van der Waals surface area contributed by atoms with Crippen molar-refractivity contribution in [2.45, 2.75) is 32.2 Å². The molecule has 1 aliphatic heterocycles. The summed E-state index contributed by atoms with van der Waals surface area (Å²) in [5.74, 6) is 0.716. The number of rotatable bonds is 10. The summed E-state index contributed by atoms with van der Waals surface area (Å²) in [4.78, 5) is 14.5. The number of aryl methyl sites for hydroxylation is 1. The van der Waals surface area contributed by atoms with Crippen LogP contribution in [0, 0.1) is 0 Å². The van der Waals surface area contributed by atoms with Crippen LogP contribution in [-0.2, 0) is 12.0 Å². The molecule has 1 fully saturated rings. The van der Waals surface area contributed by atoms with Crippen LogP contribution in [0.4, 0.5) is 0 Å². The predicted molar refractivity (Wildman–Crippen MR) is 156 cm³/mol. The Bertz CT molecular complexity index is 1260. The van der Waals surface area contributed by atoms with Gasteiger partial charge in [0.25, 0.3) is 0 Å². The zero-order valence-electron chi connectivity index (χ0n) is 22.4. The molecule has 0 amide bonds. The fourth-order valence-corrected chi connectivity index (χ4v) is 5.74. The molecule has 1 aromatic carbocycles. The van der Waals surface area contributed by atoms with Gasteiger partial charge >= 0.3 is 0 Å². The van der Waals surface area contributed by atoms with Crippen molar-refractivity contribution in [1.29, 1.82) is 0 Å². The first-order valence-electron chi connectivity index (χ1n) is 13.6. The SMILES string of the molecule is CCc1nc(-c2ccccc2)c(Oc2ccnc(C3(N)C=CC(NCCN4CCN(CC)CC4)=CC3)c2)s1. The van der Waals surface area contributed by atoms with Crippen molar-refractivity contribution >= 4 is 11.3 Å². The quantitative estimate of drug-likeness (QED) is 0.390. The topological polar surface area (TPSA) is 79.5 Å². The van der Waals surface area contributed by atoms with E-state index in [0.29, 0.717) is 12.2 Å². The predicted octanol–water partition coefficient (Wildman–Crippen LogP) is 4.78. The molecule has 2 aliphatic rings. The number of benzene rings is 1. The van der Waals surface area contributed by atoms with Gasteiger partial charge in [-0.25, -0.2) is 4.98 Å². The Kier molecular flexibility index (Phi) is 8.54. The van der Waals surface area contributed by atoms with Gasteiger partial charge in [0.1, 0.15) is 11.4 Å². The molecule has 1 atom stereocenters. The molecule has 0 radical (unpaired) electrons. The molecule has 3 aromatic rings. The smallest absolute Gasteiger partial charge is 0.208 e. The molecule has 7 nitrogen and oxygen atoms in total. The van der Waals surface area contributed by atoms with Crippen molar-refractivity contribution in [3.05, 3.63) is 83.3 Å². The summed E-state index contributed by atoms with van der Waals surface area (Å²) in [5.41, 5.74) is 9.98. The number of ether oxygens (including phenoxy) is 1. The zero-order chi connectivity index (χ0) is 26.4. The lowest BCUT2D eigenvalue weighted by Crippen LogP contribution is -2.47. The molecule has 1 saturated heterocycles. The van der Waals surface area contributed by atoms with Gasteiger partial charge in [0.15, 0.2) is 0 Å². The number of allylic oxidation sites excluding steroid dienone is 1. The third kappa shape index (κ3) is 6.32. The number of nitrogens with zero attached hydrogens (tertiary/aromatic N) is 4. The molecule has 0 saturated carbocycles. The van der Waals surface area contributed by atoms with Crippen molar-refractivity contribution < 1.29 is 4.74 Å². The van der Waals surface area contributed by atoms with Crippen LogP contribution in [0.3, 0.4) is 0 Å². The molecule has 1 unspecified atom stereocenters. The molecule has 1 aliphatic carbocycles. The third-order valence-corrected chi connectivity index (χ3v) is 8.38. The van der Waals surface area contributed by atoms with Crippen LogP contribution >= 0.6 is 11.3 Å². The Morgan fingerprint density at radius 2 is 1.87 bits per heavy atom. The first kappa shape index (κ1) is 26.6. The minimum absolute atomic E-state index is 0.674. The second-order valence-corrected chi connectivity index (χ2v) is 10.9. The highest BCUT2D eigenvalue weighted by Crippen LogP contribution is 2.39. The summed E-state index contributed by atoms with van der Waals surface area (Å²) < 4.78 is 6.37. The molecule has 200 valence electrons. The summed E-state index contributed by atoms with van der Waals surface area (Å²) in [6.07, 6.45) is 9.62. The Morgan fingerprint density at radius 3 is 2.58 bits per heavy atom. The first-order chi connectivity index (χ1) is 18.6. The zero-order valence-corrected chi connectivity index (χ0v) is 23.2. The van der Waals surface area contributed by atoms with Gasteiger partial charge in [-0.15, -0.1) is 0 Å². The van der Waals surface area contributed by atoms with E-state index in [-0.39, 0.29) is 0 Å². The fourth-order valence-electron chi connectivity index (χ4n) is 4.85. The number of nitrogens with one attached hydrogen (secondary N) is 1. The highest BCUT2D eigenvalue weighted by molar-refractivity contribution is 7.14. The number of aromatic nitrogens is 2. The molecular formula is C30H38N6OS. The van der Waals surface area contributed by atoms with Crippen LogP contribution in [-0.4, -0.2) is 65.6 Å². The average molecular weight is 531 g/mol. The van der Waals surface area contributed by atoms with Crippen LogP contribution in [0.25, 0.3) is 11.3 Å². The normalized spacial score (nSPS) is 20.3. The van der Waals surface area contributed by atoms with E-state index in [9.17, 15) is 0 Å². The van der Waals surface area contributed by atoms with Crippen LogP contribution in [0.2, 0.25) is 0 Å². The lowest BCUT2D eigenvalue weighted by Gasteiger charge is -2.34. The summed E-state index contributed by atoms with van der Waals surface area (Å²) in [6, 6.07) is 14.0. The Hall–Kier alpha value is -3.04. The van der Waals surface area contributed by atoms with Crippen molar-refractivity contribution in [2.75, 3.05) is 45.8 Å². The number of pyridine rings is 1. The number of hydrogen-bond donors (Lipinski definition) is 2. The lowest BCUT2D eigenvalue weighted by molar-refractivity contribution is 0.138. The van der Waals surface area contributed by atoms with Crippen molar-refractivity contribution in [2.24, 2.45) is 5.73 Å². The van der Waals surface area contributed by atoms with Gasteiger partial charge in [0, 0.05) is 62.8 Å². The maximum atomic E-state index is 6.82. The van der Waals surface area contributed by atoms with E-state index >= 15 is 0 Å². The molecule has 2 aromatic heterocycles. The number of likely N-dealkylation sites (N-methyl/N-ethyl adjacent to an activating group) is 1. The molecular weight excluding hydrogens is 492 g/mol. The number of piperazine rings is 1. The second-order valence-electron chi connectivity index (χ2n) is 9.88. The van der Waals surface area contributed by atoms with E-state index < -0.39 is 5.54 Å². The van der Waals surface area contributed by atoms with Gasteiger partial charge in [-0.1, -0.05) is 67.7 Å². The highest BCUT2D eigenvalue weighted by atomic mass is 32.1. The average Bonchev–Trinajstić information content (AvgIpc) is 3.38. The number of nitrogens with two attached hydrogens (primary N) is 1. The Balaban J connectivity index is 1.21. The summed E-state index contributed by atoms with van der Waals surface area (Å²) in [5, 5.41) is 5.41. The van der Waals surface area contributed by atoms with E-state index in [2.05, 4.69) is 64.3 Å². The summed E-state index contributed by atoms with van der Waals surface area (Å²) >= 11 is 1.59. The van der Waals surface area contributed by atoms with E-state index in [0.717, 1.165) is 71.9 Å². The van der Waals surface area contributed by atoms with Gasteiger partial charge < -0.3 is 20.7 Å². The Morgan fingerprint density at radius 1 is 1.08 bits per heavy atom. The van der Waals surface area contributed by atoms with E-state index in [1.807, 2.05) is 30.3 Å². The largest absolute Gasteiger partial charge is 0.444 e. The standard InChI is InChI=1S/C30H38N6OS/c1-3-27-34-28(23-8-6-5-7-9-23)29(38-27)37-25-12-15-33-26(22-25)30(31)13-10-24(11-14-30)32-16-17-36-20-18-35(4-2)19-21-36/h5-13,15,22,32H,3-4,14,16-21,31H2,1-2H3. The number of hydrogen-bond acceptors (Lipinski definition) is 8. The molecule has 3 N–H and O–H groups in total. The second kappa shape index (κ2) is 12.2. The minimum atomic E-state index is -0.675. The van der Waals surface area contributed by atoms with Gasteiger partial charge in [-0.3, -0.25) is 9.88 Å². The summed E-state index contributed by atoms with van der Waals surface area (Å²) in [7, 11) is 0. The van der Waals surface area contributed by atoms with Crippen molar-refractivity contribution in [3.8, 4) is 22.1 Å². The molecule has 8 heteroatoms. The lowest BCUT2D eigenvalue weighted by atomic mass is 9.87. The third-order valence-electron chi connectivity index (χ3n) is 7.30. The van der Waals surface area contributed by atoms with E-state index in [1.165, 1.54) is 13.1 Å². The molecule has 3 heterocycles. The molecule has 0 spiro atoms. The van der Waals surface area contributed by atoms with Crippen LogP contribution < -0.4 is 15.8 Å². The first-order valence-corrected chi connectivity index (χ1v) is 14.4. The molecule has 38 heavy (non-hydrogen) atoms. The van der Waals surface area contributed by atoms with E-state index in [4.69, 9.17) is 15.5 Å². The van der Waals surface area contributed by atoms with E-state index in [1.54, 1.807) is 17.5 Å². The molecule has 5 rings (SSSR count). The Labute approximate surface area is 230 Å². The van der Waals surface area contributed by atoms with Crippen LogP contribution in [0.1, 0.15) is 31.0 Å². The van der Waals surface area contributed by atoms with Crippen molar-refractivity contribution in [3.63, 3.8) is 0 Å². The van der Waals surface area contributed by atoms with Crippen LogP contribution in [0.15, 0.2) is 72.6 Å². The van der Waals surface area contributed by atoms with Gasteiger partial charge in [0.05, 0.1) is 16.2 Å². The van der Waals surface area contributed by atoms with Crippen molar-refractivity contribution in [1.82, 2.24) is 25.1 Å². The minimum Gasteiger partial charge on any atom is -0.444 e. The van der Waals surface area contributed by atoms with Gasteiger partial charge in [-0.05, 0) is 31.5 Å². The molecule has 0 bridgehead atoms. The number of thiazole rings is 1. The monoisotopic (exact) mass is 530 g/mol. The maximum Gasteiger partial charge on any atom is 0.208 e. The highest BCUT2D eigenvalue weighted by Gasteiger charge is 2.28. The van der Waals surface area contributed by atoms with Crippen LogP contribution in [0.5, 0.6) is 10.8 Å². The maximum absolute atomic E-state index is 6.82.